The van der Waals surface area contributed by atoms with Crippen molar-refractivity contribution in [2.45, 2.75) is 65.6 Å². The zero-order valence-corrected chi connectivity index (χ0v) is 18.4. The lowest BCUT2D eigenvalue weighted by Gasteiger charge is -2.43. The van der Waals surface area contributed by atoms with Crippen LogP contribution in [-0.2, 0) is 9.47 Å². The lowest BCUT2D eigenvalue weighted by atomic mass is 9.55. The Morgan fingerprint density at radius 2 is 1.89 bits per heavy atom. The summed E-state index contributed by atoms with van der Waals surface area (Å²) in [6.45, 7) is 13.6. The van der Waals surface area contributed by atoms with Crippen molar-refractivity contribution in [3.8, 4) is 11.8 Å². The van der Waals surface area contributed by atoms with Crippen LogP contribution in [0.15, 0.2) is 23.6 Å². The highest BCUT2D eigenvalue weighted by Crippen LogP contribution is 2.71. The van der Waals surface area contributed by atoms with Gasteiger partial charge < -0.3 is 9.47 Å². The van der Waals surface area contributed by atoms with Gasteiger partial charge >= 0.3 is 5.97 Å². The van der Waals surface area contributed by atoms with E-state index in [9.17, 15) is 4.79 Å². The van der Waals surface area contributed by atoms with Gasteiger partial charge in [0.1, 0.15) is 5.60 Å². The number of fused-ring (bicyclic) bond motifs is 2. The fraction of sp³-hybridized carbons (Fsp3) is 0.542. The van der Waals surface area contributed by atoms with E-state index in [1.807, 2.05) is 24.4 Å². The third-order valence-corrected chi connectivity index (χ3v) is 8.01. The SMILES string of the molecule is CCOC(=O)c1csc2cc(C#CC34OC3(C)C(C)(C)CCC4(C)C)ccc12. The van der Waals surface area contributed by atoms with E-state index in [1.54, 1.807) is 11.3 Å². The Morgan fingerprint density at radius 1 is 1.18 bits per heavy atom. The van der Waals surface area contributed by atoms with Gasteiger partial charge in [-0.15, -0.1) is 11.3 Å². The van der Waals surface area contributed by atoms with E-state index in [2.05, 4.69) is 52.5 Å². The highest BCUT2D eigenvalue weighted by molar-refractivity contribution is 7.17. The molecule has 0 radical (unpaired) electrons. The van der Waals surface area contributed by atoms with Crippen LogP contribution < -0.4 is 0 Å². The lowest BCUT2D eigenvalue weighted by molar-refractivity contribution is 0.0529. The summed E-state index contributed by atoms with van der Waals surface area (Å²) in [5.41, 5.74) is 1.11. The molecular weight excluding hydrogens is 368 g/mol. The highest BCUT2D eigenvalue weighted by Gasteiger charge is 2.80. The van der Waals surface area contributed by atoms with Crippen molar-refractivity contribution in [1.82, 2.24) is 0 Å². The molecule has 1 aromatic heterocycles. The van der Waals surface area contributed by atoms with Crippen LogP contribution in [0.3, 0.4) is 0 Å². The minimum Gasteiger partial charge on any atom is -0.462 e. The average Bonchev–Trinajstić information content (AvgIpc) is 3.09. The van der Waals surface area contributed by atoms with E-state index < -0.39 is 5.60 Å². The first-order chi connectivity index (χ1) is 13.1. The van der Waals surface area contributed by atoms with E-state index in [0.29, 0.717) is 12.2 Å². The van der Waals surface area contributed by atoms with Gasteiger partial charge in [0.05, 0.1) is 12.2 Å². The highest BCUT2D eigenvalue weighted by atomic mass is 32.1. The number of thiophene rings is 1. The quantitative estimate of drug-likeness (QED) is 0.366. The largest absolute Gasteiger partial charge is 0.462 e. The van der Waals surface area contributed by atoms with Gasteiger partial charge in [0.25, 0.3) is 0 Å². The van der Waals surface area contributed by atoms with E-state index >= 15 is 0 Å². The molecule has 3 nitrogen and oxygen atoms in total. The van der Waals surface area contributed by atoms with Crippen LogP contribution in [0.25, 0.3) is 10.1 Å². The van der Waals surface area contributed by atoms with Crippen molar-refractivity contribution in [2.24, 2.45) is 10.8 Å². The number of carbonyl (C=O) groups excluding carboxylic acids is 1. The Balaban J connectivity index is 1.69. The molecule has 2 aliphatic rings. The second kappa shape index (κ2) is 6.08. The molecule has 0 spiro atoms. The van der Waals surface area contributed by atoms with Crippen molar-refractivity contribution in [3.05, 3.63) is 34.7 Å². The number of carbonyl (C=O) groups is 1. The summed E-state index contributed by atoms with van der Waals surface area (Å²) in [6, 6.07) is 6.03. The van der Waals surface area contributed by atoms with Gasteiger partial charge in [-0.3, -0.25) is 0 Å². The molecule has 1 saturated carbocycles. The van der Waals surface area contributed by atoms with Gasteiger partial charge in [0, 0.05) is 26.4 Å². The lowest BCUT2D eigenvalue weighted by Crippen LogP contribution is -2.49. The van der Waals surface area contributed by atoms with Crippen LogP contribution in [0.1, 0.15) is 70.3 Å². The van der Waals surface area contributed by atoms with Crippen LogP contribution in [0.5, 0.6) is 0 Å². The predicted molar refractivity (Wildman–Crippen MR) is 114 cm³/mol. The van der Waals surface area contributed by atoms with Gasteiger partial charge in [-0.05, 0) is 44.2 Å². The molecule has 2 atom stereocenters. The van der Waals surface area contributed by atoms with E-state index in [1.165, 1.54) is 0 Å². The van der Waals surface area contributed by atoms with Gasteiger partial charge in [0.2, 0.25) is 0 Å². The van der Waals surface area contributed by atoms with Crippen LogP contribution in [0.4, 0.5) is 0 Å². The molecule has 2 unspecified atom stereocenters. The maximum atomic E-state index is 12.1. The van der Waals surface area contributed by atoms with Gasteiger partial charge in [-0.1, -0.05) is 45.6 Å². The summed E-state index contributed by atoms with van der Waals surface area (Å²) >= 11 is 1.55. The maximum absolute atomic E-state index is 12.1. The Kier molecular flexibility index (Phi) is 4.23. The third-order valence-electron chi connectivity index (χ3n) is 7.06. The molecule has 1 aliphatic carbocycles. The topological polar surface area (TPSA) is 38.8 Å². The van der Waals surface area contributed by atoms with Crippen molar-refractivity contribution >= 4 is 27.4 Å². The Morgan fingerprint density at radius 3 is 2.61 bits per heavy atom. The molecule has 1 aromatic carbocycles. The number of hydrogen-bond donors (Lipinski definition) is 0. The maximum Gasteiger partial charge on any atom is 0.339 e. The number of rotatable bonds is 2. The fourth-order valence-corrected chi connectivity index (χ4v) is 5.63. The van der Waals surface area contributed by atoms with Gasteiger partial charge in [0.15, 0.2) is 5.60 Å². The summed E-state index contributed by atoms with van der Waals surface area (Å²) in [4.78, 5) is 12.1. The molecule has 0 N–H and O–H groups in total. The molecule has 1 saturated heterocycles. The third kappa shape index (κ3) is 2.56. The number of esters is 1. The molecule has 148 valence electrons. The smallest absolute Gasteiger partial charge is 0.339 e. The van der Waals surface area contributed by atoms with Crippen molar-refractivity contribution in [1.29, 1.82) is 0 Å². The Hall–Kier alpha value is -1.83. The first kappa shape index (κ1) is 19.5. The first-order valence-corrected chi connectivity index (χ1v) is 10.9. The number of ether oxygens (including phenoxy) is 2. The summed E-state index contributed by atoms with van der Waals surface area (Å²) in [7, 11) is 0. The van der Waals surface area contributed by atoms with Crippen molar-refractivity contribution < 1.29 is 14.3 Å². The van der Waals surface area contributed by atoms with Gasteiger partial charge in [-0.2, -0.15) is 0 Å². The van der Waals surface area contributed by atoms with E-state index in [0.717, 1.165) is 28.5 Å². The Bertz CT molecular complexity index is 1020. The molecule has 1 aliphatic heterocycles. The Labute approximate surface area is 171 Å². The fourth-order valence-electron chi connectivity index (χ4n) is 4.67. The summed E-state index contributed by atoms with van der Waals surface area (Å²) in [5.74, 6) is 6.65. The monoisotopic (exact) mass is 396 g/mol. The van der Waals surface area contributed by atoms with Crippen LogP contribution in [0, 0.1) is 22.7 Å². The summed E-state index contributed by atoms with van der Waals surface area (Å²) in [6.07, 6.45) is 2.26. The van der Waals surface area contributed by atoms with Crippen molar-refractivity contribution in [3.63, 3.8) is 0 Å². The zero-order chi connectivity index (χ0) is 20.4. The van der Waals surface area contributed by atoms with E-state index in [4.69, 9.17) is 9.47 Å². The molecule has 2 fully saturated rings. The molecule has 4 heteroatoms. The second-order valence-corrected chi connectivity index (χ2v) is 10.3. The molecule has 0 amide bonds. The molecule has 2 aromatic rings. The van der Waals surface area contributed by atoms with Crippen LogP contribution >= 0.6 is 11.3 Å². The zero-order valence-electron chi connectivity index (χ0n) is 17.6. The molecule has 4 rings (SSSR count). The number of epoxide rings is 1. The minimum atomic E-state index is -0.401. The summed E-state index contributed by atoms with van der Waals surface area (Å²) < 4.78 is 12.6. The standard InChI is InChI=1S/C24H28O3S/c1-7-26-20(25)18-15-28-19-14-16(8-9-17(18)19)10-11-24-22(4,5)13-12-21(2,3)23(24,6)27-24/h8-9,14-15H,7,12-13H2,1-6H3. The average molecular weight is 397 g/mol. The summed E-state index contributed by atoms with van der Waals surface area (Å²) in [5, 5.41) is 2.80. The second-order valence-electron chi connectivity index (χ2n) is 9.42. The minimum absolute atomic E-state index is 0.0222. The molecule has 0 bridgehead atoms. The number of benzene rings is 1. The molecular formula is C24H28O3S. The van der Waals surface area contributed by atoms with E-state index in [-0.39, 0.29) is 22.4 Å². The van der Waals surface area contributed by atoms with Crippen LogP contribution in [-0.4, -0.2) is 23.8 Å². The predicted octanol–water partition coefficient (Wildman–Crippen LogP) is 5.80. The van der Waals surface area contributed by atoms with Crippen LogP contribution in [0.2, 0.25) is 0 Å². The van der Waals surface area contributed by atoms with Gasteiger partial charge in [-0.25, -0.2) is 4.79 Å². The first-order valence-electron chi connectivity index (χ1n) is 9.99. The molecule has 2 heterocycles. The van der Waals surface area contributed by atoms with Crippen molar-refractivity contribution in [2.75, 3.05) is 6.61 Å². The number of hydrogen-bond acceptors (Lipinski definition) is 4. The normalized spacial score (nSPS) is 29.5. The molecule has 28 heavy (non-hydrogen) atoms.